The van der Waals surface area contributed by atoms with Crippen LogP contribution in [0.25, 0.3) is 0 Å². The standard InChI is InChI=1S/C16H14F2N2O/c1-20-16(10-19,12-5-3-2-4-6-12)11-21-15-9-13(17)7-8-14(15)18/h2-9,20H,11H2,1H3. The van der Waals surface area contributed by atoms with Crippen LogP contribution in [-0.2, 0) is 5.54 Å². The van der Waals surface area contributed by atoms with Gasteiger partial charge < -0.3 is 4.74 Å². The number of nitrogens with one attached hydrogen (secondary N) is 1. The van der Waals surface area contributed by atoms with Gasteiger partial charge in [-0.25, -0.2) is 8.78 Å². The second-order valence-corrected chi connectivity index (χ2v) is 4.50. The Morgan fingerprint density at radius 1 is 1.19 bits per heavy atom. The van der Waals surface area contributed by atoms with E-state index in [9.17, 15) is 14.0 Å². The molecule has 1 N–H and O–H groups in total. The van der Waals surface area contributed by atoms with Gasteiger partial charge in [0.1, 0.15) is 12.4 Å². The van der Waals surface area contributed by atoms with E-state index in [-0.39, 0.29) is 12.4 Å². The van der Waals surface area contributed by atoms with Gasteiger partial charge >= 0.3 is 0 Å². The molecule has 21 heavy (non-hydrogen) atoms. The Labute approximate surface area is 121 Å². The number of benzene rings is 2. The van der Waals surface area contributed by atoms with Gasteiger partial charge in [-0.3, -0.25) is 5.32 Å². The molecule has 0 fully saturated rings. The number of hydrogen-bond donors (Lipinski definition) is 1. The molecule has 0 aliphatic carbocycles. The van der Waals surface area contributed by atoms with Gasteiger partial charge in [-0.15, -0.1) is 0 Å². The molecular weight excluding hydrogens is 274 g/mol. The molecule has 0 spiro atoms. The molecule has 3 nitrogen and oxygen atoms in total. The van der Waals surface area contributed by atoms with Crippen molar-refractivity contribution in [3.63, 3.8) is 0 Å². The van der Waals surface area contributed by atoms with Gasteiger partial charge in [0.05, 0.1) is 6.07 Å². The normalized spacial score (nSPS) is 13.2. The highest BCUT2D eigenvalue weighted by molar-refractivity contribution is 5.32. The van der Waals surface area contributed by atoms with Crippen LogP contribution in [0, 0.1) is 23.0 Å². The van der Waals surface area contributed by atoms with E-state index < -0.39 is 17.2 Å². The molecule has 0 saturated carbocycles. The number of nitriles is 1. The van der Waals surface area contributed by atoms with Crippen LogP contribution in [0.3, 0.4) is 0 Å². The SMILES string of the molecule is CNC(C#N)(COc1cc(F)ccc1F)c1ccccc1. The molecule has 2 aromatic carbocycles. The van der Waals surface area contributed by atoms with Gasteiger partial charge in [0.2, 0.25) is 0 Å². The van der Waals surface area contributed by atoms with E-state index in [0.717, 1.165) is 18.2 Å². The average molecular weight is 288 g/mol. The summed E-state index contributed by atoms with van der Waals surface area (Å²) in [7, 11) is 1.61. The largest absolute Gasteiger partial charge is 0.487 e. The van der Waals surface area contributed by atoms with Crippen molar-refractivity contribution in [3.05, 3.63) is 65.7 Å². The Morgan fingerprint density at radius 3 is 2.52 bits per heavy atom. The summed E-state index contributed by atoms with van der Waals surface area (Å²) in [6.45, 7) is -0.148. The first-order valence-corrected chi connectivity index (χ1v) is 6.35. The summed E-state index contributed by atoms with van der Waals surface area (Å²) in [6, 6.07) is 14.0. The summed E-state index contributed by atoms with van der Waals surface area (Å²) in [4.78, 5) is 0. The maximum atomic E-state index is 13.6. The second kappa shape index (κ2) is 6.33. The first kappa shape index (κ1) is 14.9. The highest BCUT2D eigenvalue weighted by Gasteiger charge is 2.31. The minimum Gasteiger partial charge on any atom is -0.487 e. The molecule has 2 rings (SSSR count). The Balaban J connectivity index is 2.26. The van der Waals surface area contributed by atoms with E-state index in [0.29, 0.717) is 5.56 Å². The molecule has 108 valence electrons. The fourth-order valence-corrected chi connectivity index (χ4v) is 1.95. The van der Waals surface area contributed by atoms with E-state index >= 15 is 0 Å². The molecule has 5 heteroatoms. The third kappa shape index (κ3) is 3.18. The minimum atomic E-state index is -1.14. The molecule has 1 atom stereocenters. The smallest absolute Gasteiger partial charge is 0.166 e. The van der Waals surface area contributed by atoms with Crippen molar-refractivity contribution in [1.82, 2.24) is 5.32 Å². The summed E-state index contributed by atoms with van der Waals surface area (Å²) in [5, 5.41) is 12.4. The molecule has 0 heterocycles. The van der Waals surface area contributed by atoms with Crippen LogP contribution < -0.4 is 10.1 Å². The Morgan fingerprint density at radius 2 is 1.90 bits per heavy atom. The average Bonchev–Trinajstić information content (AvgIpc) is 2.53. The molecule has 0 saturated heterocycles. The van der Waals surface area contributed by atoms with Gasteiger partial charge in [-0.1, -0.05) is 30.3 Å². The summed E-state index contributed by atoms with van der Waals surface area (Å²) < 4.78 is 32.0. The number of halogens is 2. The Hall–Kier alpha value is -2.45. The van der Waals surface area contributed by atoms with Gasteiger partial charge in [0.25, 0.3) is 0 Å². The van der Waals surface area contributed by atoms with E-state index in [1.54, 1.807) is 31.3 Å². The van der Waals surface area contributed by atoms with Crippen LogP contribution in [0.5, 0.6) is 5.75 Å². The predicted molar refractivity (Wildman–Crippen MR) is 74.6 cm³/mol. The summed E-state index contributed by atoms with van der Waals surface area (Å²) in [5.74, 6) is -1.49. The maximum Gasteiger partial charge on any atom is 0.166 e. The molecule has 0 radical (unpaired) electrons. The molecule has 0 aromatic heterocycles. The first-order valence-electron chi connectivity index (χ1n) is 6.35. The lowest BCUT2D eigenvalue weighted by molar-refractivity contribution is 0.221. The van der Waals surface area contributed by atoms with Crippen LogP contribution in [0.4, 0.5) is 8.78 Å². The molecule has 1 unspecified atom stereocenters. The third-order valence-corrected chi connectivity index (χ3v) is 3.22. The zero-order valence-corrected chi connectivity index (χ0v) is 11.4. The van der Waals surface area contributed by atoms with Gasteiger partial charge in [0, 0.05) is 6.07 Å². The number of likely N-dealkylation sites (N-methyl/N-ethyl adjacent to an activating group) is 1. The zero-order valence-electron chi connectivity index (χ0n) is 11.4. The second-order valence-electron chi connectivity index (χ2n) is 4.50. The Bertz CT molecular complexity index is 655. The topological polar surface area (TPSA) is 45.0 Å². The number of ether oxygens (including phenoxy) is 1. The summed E-state index contributed by atoms with van der Waals surface area (Å²) >= 11 is 0. The summed E-state index contributed by atoms with van der Waals surface area (Å²) in [5.41, 5.74) is -0.452. The molecule has 0 aliphatic rings. The van der Waals surface area contributed by atoms with E-state index in [4.69, 9.17) is 4.74 Å². The lowest BCUT2D eigenvalue weighted by Gasteiger charge is -2.26. The molecule has 0 bridgehead atoms. The highest BCUT2D eigenvalue weighted by atomic mass is 19.1. The van der Waals surface area contributed by atoms with Crippen molar-refractivity contribution in [2.45, 2.75) is 5.54 Å². The Kier molecular flexibility index (Phi) is 4.51. The van der Waals surface area contributed by atoms with Crippen LogP contribution in [0.1, 0.15) is 5.56 Å². The first-order chi connectivity index (χ1) is 10.1. The van der Waals surface area contributed by atoms with Crippen molar-refractivity contribution in [3.8, 4) is 11.8 Å². The van der Waals surface area contributed by atoms with Crippen molar-refractivity contribution in [2.75, 3.05) is 13.7 Å². The molecule has 2 aromatic rings. The zero-order chi connectivity index (χ0) is 15.3. The van der Waals surface area contributed by atoms with Crippen LogP contribution in [0.15, 0.2) is 48.5 Å². The lowest BCUT2D eigenvalue weighted by Crippen LogP contribution is -2.44. The van der Waals surface area contributed by atoms with E-state index in [1.165, 1.54) is 0 Å². The van der Waals surface area contributed by atoms with Crippen LogP contribution in [-0.4, -0.2) is 13.7 Å². The van der Waals surface area contributed by atoms with Gasteiger partial charge in [-0.05, 0) is 24.7 Å². The highest BCUT2D eigenvalue weighted by Crippen LogP contribution is 2.24. The van der Waals surface area contributed by atoms with Gasteiger partial charge in [0.15, 0.2) is 17.1 Å². The number of rotatable bonds is 5. The van der Waals surface area contributed by atoms with Crippen molar-refractivity contribution in [2.24, 2.45) is 0 Å². The molecular formula is C16H14F2N2O. The van der Waals surface area contributed by atoms with Gasteiger partial charge in [-0.2, -0.15) is 5.26 Å². The third-order valence-electron chi connectivity index (χ3n) is 3.22. The fourth-order valence-electron chi connectivity index (χ4n) is 1.95. The van der Waals surface area contributed by atoms with E-state index in [2.05, 4.69) is 11.4 Å². The van der Waals surface area contributed by atoms with E-state index in [1.807, 2.05) is 6.07 Å². The molecule has 0 amide bonds. The van der Waals surface area contributed by atoms with Crippen molar-refractivity contribution >= 4 is 0 Å². The molecule has 0 aliphatic heterocycles. The number of hydrogen-bond acceptors (Lipinski definition) is 3. The number of nitrogens with zero attached hydrogens (tertiary/aromatic N) is 1. The minimum absolute atomic E-state index is 0.148. The summed E-state index contributed by atoms with van der Waals surface area (Å²) in [6.07, 6.45) is 0. The maximum absolute atomic E-state index is 13.6. The van der Waals surface area contributed by atoms with Crippen molar-refractivity contribution in [1.29, 1.82) is 5.26 Å². The van der Waals surface area contributed by atoms with Crippen molar-refractivity contribution < 1.29 is 13.5 Å². The lowest BCUT2D eigenvalue weighted by atomic mass is 9.92. The monoisotopic (exact) mass is 288 g/mol. The predicted octanol–water partition coefficient (Wildman–Crippen LogP) is 2.98. The van der Waals surface area contributed by atoms with Crippen LogP contribution >= 0.6 is 0 Å². The van der Waals surface area contributed by atoms with Crippen LogP contribution in [0.2, 0.25) is 0 Å². The quantitative estimate of drug-likeness (QED) is 0.920. The fraction of sp³-hybridized carbons (Fsp3) is 0.188.